The van der Waals surface area contributed by atoms with Crippen molar-refractivity contribution in [2.24, 2.45) is 5.92 Å². The number of nitrogens with zero attached hydrogens (tertiary/aromatic N) is 1. The number of pyridine rings is 1. The maximum atomic E-state index is 12.6. The summed E-state index contributed by atoms with van der Waals surface area (Å²) in [5.41, 5.74) is 0.596. The Morgan fingerprint density at radius 3 is 2.64 bits per heavy atom. The quantitative estimate of drug-likeness (QED) is 0.786. The molecule has 0 spiro atoms. The highest BCUT2D eigenvalue weighted by molar-refractivity contribution is 5.09. The number of aliphatic hydroxyl groups is 1. The molecule has 1 aromatic rings. The maximum absolute atomic E-state index is 12.6. The van der Waals surface area contributed by atoms with Crippen molar-refractivity contribution in [1.29, 1.82) is 0 Å². The fraction of sp³-hybridized carbons (Fsp3) is 0.545. The monoisotopic (exact) mass is 195 g/mol. The first kappa shape index (κ1) is 9.59. The summed E-state index contributed by atoms with van der Waals surface area (Å²) in [7, 11) is 0. The molecule has 0 amide bonds. The highest BCUT2D eigenvalue weighted by Crippen LogP contribution is 2.34. The van der Waals surface area contributed by atoms with Crippen LogP contribution in [0, 0.1) is 11.7 Å². The van der Waals surface area contributed by atoms with Crippen LogP contribution < -0.4 is 0 Å². The van der Waals surface area contributed by atoms with Gasteiger partial charge in [-0.2, -0.15) is 0 Å². The van der Waals surface area contributed by atoms with E-state index in [1.807, 2.05) is 0 Å². The lowest BCUT2D eigenvalue weighted by molar-refractivity contribution is 0.107. The first-order valence-electron chi connectivity index (χ1n) is 5.07. The predicted molar refractivity (Wildman–Crippen MR) is 51.1 cm³/mol. The van der Waals surface area contributed by atoms with Gasteiger partial charge in [0.05, 0.1) is 18.0 Å². The van der Waals surface area contributed by atoms with Gasteiger partial charge >= 0.3 is 0 Å². The molecular formula is C11H14FNO. The summed E-state index contributed by atoms with van der Waals surface area (Å²) < 4.78 is 12.6. The van der Waals surface area contributed by atoms with Crippen molar-refractivity contribution in [3.8, 4) is 0 Å². The van der Waals surface area contributed by atoms with Gasteiger partial charge in [-0.3, -0.25) is 4.98 Å². The van der Waals surface area contributed by atoms with Crippen molar-refractivity contribution in [3.05, 3.63) is 29.8 Å². The van der Waals surface area contributed by atoms with Gasteiger partial charge in [0, 0.05) is 0 Å². The van der Waals surface area contributed by atoms with Crippen molar-refractivity contribution >= 4 is 0 Å². The van der Waals surface area contributed by atoms with E-state index in [1.165, 1.54) is 18.9 Å². The van der Waals surface area contributed by atoms with Crippen LogP contribution in [0.3, 0.4) is 0 Å². The Balaban J connectivity index is 2.09. The lowest BCUT2D eigenvalue weighted by Crippen LogP contribution is -2.10. The van der Waals surface area contributed by atoms with Gasteiger partial charge in [-0.25, -0.2) is 4.39 Å². The molecule has 1 atom stereocenters. The first-order chi connectivity index (χ1) is 6.77. The Morgan fingerprint density at radius 1 is 1.36 bits per heavy atom. The SMILES string of the molecule is OC(c1ccc(F)cn1)C1CCCC1. The molecular weight excluding hydrogens is 181 g/mol. The summed E-state index contributed by atoms with van der Waals surface area (Å²) in [5, 5.41) is 9.93. The van der Waals surface area contributed by atoms with Gasteiger partial charge in [-0.05, 0) is 30.9 Å². The van der Waals surface area contributed by atoms with E-state index in [-0.39, 0.29) is 5.82 Å². The zero-order valence-corrected chi connectivity index (χ0v) is 7.99. The highest BCUT2D eigenvalue weighted by atomic mass is 19.1. The topological polar surface area (TPSA) is 33.1 Å². The van der Waals surface area contributed by atoms with Crippen LogP contribution in [0.1, 0.15) is 37.5 Å². The number of halogens is 1. The zero-order chi connectivity index (χ0) is 9.97. The highest BCUT2D eigenvalue weighted by Gasteiger charge is 2.25. The van der Waals surface area contributed by atoms with Crippen molar-refractivity contribution in [2.75, 3.05) is 0 Å². The second-order valence-corrected chi connectivity index (χ2v) is 3.89. The molecule has 1 heterocycles. The Kier molecular flexibility index (Phi) is 2.77. The molecule has 14 heavy (non-hydrogen) atoms. The van der Waals surface area contributed by atoms with Crippen LogP contribution in [0.5, 0.6) is 0 Å². The molecule has 1 fully saturated rings. The van der Waals surface area contributed by atoms with Gasteiger partial charge < -0.3 is 5.11 Å². The second-order valence-electron chi connectivity index (χ2n) is 3.89. The number of aliphatic hydroxyl groups excluding tert-OH is 1. The van der Waals surface area contributed by atoms with Gasteiger partial charge in [0.25, 0.3) is 0 Å². The van der Waals surface area contributed by atoms with E-state index in [9.17, 15) is 9.50 Å². The fourth-order valence-corrected chi connectivity index (χ4v) is 2.08. The van der Waals surface area contributed by atoms with Gasteiger partial charge in [0.15, 0.2) is 0 Å². The molecule has 0 aliphatic heterocycles. The minimum atomic E-state index is -0.516. The van der Waals surface area contributed by atoms with E-state index in [4.69, 9.17) is 0 Å². The Bertz CT molecular complexity index is 293. The van der Waals surface area contributed by atoms with Crippen LogP contribution in [0.2, 0.25) is 0 Å². The molecule has 0 saturated heterocycles. The van der Waals surface area contributed by atoms with Crippen molar-refractivity contribution in [1.82, 2.24) is 4.98 Å². The molecule has 1 aromatic heterocycles. The first-order valence-corrected chi connectivity index (χ1v) is 5.07. The second kappa shape index (κ2) is 4.05. The third-order valence-corrected chi connectivity index (χ3v) is 2.90. The number of hydrogen-bond acceptors (Lipinski definition) is 2. The molecule has 0 radical (unpaired) electrons. The van der Waals surface area contributed by atoms with E-state index in [2.05, 4.69) is 4.98 Å². The average Bonchev–Trinajstić information content (AvgIpc) is 2.71. The third kappa shape index (κ3) is 1.93. The summed E-state index contributed by atoms with van der Waals surface area (Å²) >= 11 is 0. The van der Waals surface area contributed by atoms with E-state index >= 15 is 0 Å². The Hall–Kier alpha value is -0.960. The predicted octanol–water partition coefficient (Wildman–Crippen LogP) is 2.44. The number of hydrogen-bond donors (Lipinski definition) is 1. The Morgan fingerprint density at radius 2 is 2.07 bits per heavy atom. The molecule has 76 valence electrons. The summed E-state index contributed by atoms with van der Waals surface area (Å²) in [6.45, 7) is 0. The number of rotatable bonds is 2. The fourth-order valence-electron chi connectivity index (χ4n) is 2.08. The summed E-state index contributed by atoms with van der Waals surface area (Å²) in [6.07, 6.45) is 5.12. The standard InChI is InChI=1S/C11H14FNO/c12-9-5-6-10(13-7-9)11(14)8-3-1-2-4-8/h5-8,11,14H,1-4H2. The van der Waals surface area contributed by atoms with Crippen LogP contribution >= 0.6 is 0 Å². The van der Waals surface area contributed by atoms with Crippen molar-refractivity contribution in [2.45, 2.75) is 31.8 Å². The van der Waals surface area contributed by atoms with Gasteiger partial charge in [0.1, 0.15) is 5.82 Å². The zero-order valence-electron chi connectivity index (χ0n) is 7.99. The minimum Gasteiger partial charge on any atom is -0.387 e. The smallest absolute Gasteiger partial charge is 0.141 e. The minimum absolute atomic E-state index is 0.313. The third-order valence-electron chi connectivity index (χ3n) is 2.90. The van der Waals surface area contributed by atoms with E-state index in [0.29, 0.717) is 11.6 Å². The van der Waals surface area contributed by atoms with E-state index in [1.54, 1.807) is 6.07 Å². The molecule has 1 N–H and O–H groups in total. The molecule has 2 rings (SSSR count). The molecule has 2 nitrogen and oxygen atoms in total. The molecule has 0 bridgehead atoms. The van der Waals surface area contributed by atoms with Gasteiger partial charge in [-0.15, -0.1) is 0 Å². The maximum Gasteiger partial charge on any atom is 0.141 e. The Labute approximate surface area is 82.8 Å². The summed E-state index contributed by atoms with van der Waals surface area (Å²) in [5.74, 6) is -0.0414. The lowest BCUT2D eigenvalue weighted by atomic mass is 9.98. The largest absolute Gasteiger partial charge is 0.387 e. The van der Waals surface area contributed by atoms with Crippen LogP contribution in [0.4, 0.5) is 4.39 Å². The summed E-state index contributed by atoms with van der Waals surface area (Å²) in [4.78, 5) is 3.90. The van der Waals surface area contributed by atoms with Gasteiger partial charge in [0.2, 0.25) is 0 Å². The molecule has 1 aliphatic rings. The van der Waals surface area contributed by atoms with Gasteiger partial charge in [-0.1, -0.05) is 12.8 Å². The normalized spacial score (nSPS) is 19.9. The van der Waals surface area contributed by atoms with Crippen LogP contribution in [-0.2, 0) is 0 Å². The van der Waals surface area contributed by atoms with Crippen molar-refractivity contribution in [3.63, 3.8) is 0 Å². The number of aromatic nitrogens is 1. The molecule has 0 aromatic carbocycles. The lowest BCUT2D eigenvalue weighted by Gasteiger charge is -2.16. The van der Waals surface area contributed by atoms with Crippen LogP contribution in [0.25, 0.3) is 0 Å². The van der Waals surface area contributed by atoms with Crippen LogP contribution in [-0.4, -0.2) is 10.1 Å². The molecule has 3 heteroatoms. The van der Waals surface area contributed by atoms with Crippen molar-refractivity contribution < 1.29 is 9.50 Å². The average molecular weight is 195 g/mol. The van der Waals surface area contributed by atoms with Crippen LogP contribution in [0.15, 0.2) is 18.3 Å². The van der Waals surface area contributed by atoms with E-state index in [0.717, 1.165) is 19.0 Å². The van der Waals surface area contributed by atoms with E-state index < -0.39 is 6.10 Å². The molecule has 1 unspecified atom stereocenters. The summed E-state index contributed by atoms with van der Waals surface area (Å²) in [6, 6.07) is 2.92. The molecule has 1 aliphatic carbocycles. The molecule has 1 saturated carbocycles.